The molecule has 0 spiro atoms. The topological polar surface area (TPSA) is 40.5 Å². The predicted molar refractivity (Wildman–Crippen MR) is 64.0 cm³/mol. The van der Waals surface area contributed by atoms with Crippen LogP contribution in [0.1, 0.15) is 24.8 Å². The maximum Gasteiger partial charge on any atom is 0.306 e. The van der Waals surface area contributed by atoms with Crippen LogP contribution in [0.15, 0.2) is 24.3 Å². The zero-order valence-electron chi connectivity index (χ0n) is 9.85. The van der Waals surface area contributed by atoms with Crippen LogP contribution < -0.4 is 4.90 Å². The first-order chi connectivity index (χ1) is 8.58. The van der Waals surface area contributed by atoms with Crippen molar-refractivity contribution in [3.63, 3.8) is 0 Å². The summed E-state index contributed by atoms with van der Waals surface area (Å²) in [5, 5.41) is 8.89. The fourth-order valence-electron chi connectivity index (χ4n) is 2.24. The van der Waals surface area contributed by atoms with Gasteiger partial charge >= 0.3 is 5.97 Å². The number of anilines is 1. The fraction of sp³-hybridized carbons (Fsp3) is 0.462. The van der Waals surface area contributed by atoms with Gasteiger partial charge in [0, 0.05) is 24.3 Å². The minimum Gasteiger partial charge on any atom is -0.481 e. The summed E-state index contributed by atoms with van der Waals surface area (Å²) >= 11 is 0. The van der Waals surface area contributed by atoms with Crippen molar-refractivity contribution in [3.8, 4) is 0 Å². The molecule has 1 N–H and O–H groups in total. The zero-order chi connectivity index (χ0) is 13.1. The molecule has 2 rings (SSSR count). The zero-order valence-corrected chi connectivity index (χ0v) is 9.85. The Balaban J connectivity index is 2.05. The van der Waals surface area contributed by atoms with Gasteiger partial charge in [-0.2, -0.15) is 0 Å². The van der Waals surface area contributed by atoms with E-state index in [4.69, 9.17) is 5.11 Å². The highest BCUT2D eigenvalue weighted by atomic mass is 19.3. The first-order valence-corrected chi connectivity index (χ1v) is 5.94. The lowest BCUT2D eigenvalue weighted by Crippen LogP contribution is -2.36. The third-order valence-corrected chi connectivity index (χ3v) is 3.33. The van der Waals surface area contributed by atoms with Crippen LogP contribution in [0.4, 0.5) is 14.5 Å². The van der Waals surface area contributed by atoms with Crippen molar-refractivity contribution >= 4 is 11.7 Å². The fourth-order valence-corrected chi connectivity index (χ4v) is 2.24. The molecule has 1 aromatic rings. The van der Waals surface area contributed by atoms with Gasteiger partial charge in [0.2, 0.25) is 0 Å². The molecule has 1 aromatic carbocycles. The summed E-state index contributed by atoms with van der Waals surface area (Å²) in [6.07, 6.45) is -1.34. The van der Waals surface area contributed by atoms with Crippen LogP contribution in [0.3, 0.4) is 0 Å². The normalized spacial score (nSPS) is 17.2. The first-order valence-electron chi connectivity index (χ1n) is 5.94. The molecule has 0 bridgehead atoms. The largest absolute Gasteiger partial charge is 0.481 e. The van der Waals surface area contributed by atoms with E-state index in [0.717, 1.165) is 5.69 Å². The Morgan fingerprint density at radius 3 is 2.56 bits per heavy atom. The predicted octanol–water partition coefficient (Wildman–Crippen LogP) is 2.93. The molecule has 0 atom stereocenters. The van der Waals surface area contributed by atoms with E-state index in [1.807, 2.05) is 4.90 Å². The minimum atomic E-state index is -2.47. The number of carboxylic acid groups (broad SMARTS) is 1. The van der Waals surface area contributed by atoms with Crippen LogP contribution in [-0.4, -0.2) is 24.2 Å². The molecule has 0 aromatic heterocycles. The summed E-state index contributed by atoms with van der Waals surface area (Å²) < 4.78 is 25.2. The molecule has 98 valence electrons. The number of rotatable bonds is 3. The Morgan fingerprint density at radius 2 is 2.00 bits per heavy atom. The Morgan fingerprint density at radius 1 is 1.33 bits per heavy atom. The molecule has 1 heterocycles. The summed E-state index contributed by atoms with van der Waals surface area (Å²) in [5.74, 6) is -1.07. The molecule has 0 aliphatic carbocycles. The highest BCUT2D eigenvalue weighted by molar-refractivity contribution is 5.70. The van der Waals surface area contributed by atoms with Gasteiger partial charge in [-0.15, -0.1) is 0 Å². The molecule has 0 unspecified atom stereocenters. The number of aliphatic carboxylic acids is 1. The number of piperidine rings is 1. The van der Waals surface area contributed by atoms with E-state index in [1.165, 1.54) is 12.1 Å². The van der Waals surface area contributed by atoms with Crippen molar-refractivity contribution in [2.75, 3.05) is 18.0 Å². The maximum absolute atomic E-state index is 12.6. The Hall–Kier alpha value is -1.65. The molecule has 5 heteroatoms. The molecule has 0 amide bonds. The molecule has 1 fully saturated rings. The summed E-state index contributed by atoms with van der Waals surface area (Å²) in [6, 6.07) is 6.27. The van der Waals surface area contributed by atoms with E-state index < -0.39 is 12.4 Å². The van der Waals surface area contributed by atoms with Crippen molar-refractivity contribution in [1.82, 2.24) is 0 Å². The number of hydrogen-bond acceptors (Lipinski definition) is 2. The monoisotopic (exact) mass is 255 g/mol. The van der Waals surface area contributed by atoms with Crippen molar-refractivity contribution in [2.45, 2.75) is 19.3 Å². The molecular weight excluding hydrogens is 240 g/mol. The number of halogens is 2. The number of benzene rings is 1. The van der Waals surface area contributed by atoms with Crippen LogP contribution in [0.2, 0.25) is 0 Å². The lowest BCUT2D eigenvalue weighted by molar-refractivity contribution is -0.142. The van der Waals surface area contributed by atoms with Crippen LogP contribution in [0.25, 0.3) is 0 Å². The second-order valence-electron chi connectivity index (χ2n) is 4.50. The lowest BCUT2D eigenvalue weighted by atomic mass is 9.96. The second kappa shape index (κ2) is 5.33. The number of carboxylic acids is 1. The number of carbonyl (C=O) groups is 1. The van der Waals surface area contributed by atoms with Gasteiger partial charge in [-0.25, -0.2) is 8.78 Å². The van der Waals surface area contributed by atoms with Gasteiger partial charge < -0.3 is 10.0 Å². The van der Waals surface area contributed by atoms with E-state index in [1.54, 1.807) is 12.1 Å². The van der Waals surface area contributed by atoms with E-state index in [2.05, 4.69) is 0 Å². The summed E-state index contributed by atoms with van der Waals surface area (Å²) in [7, 11) is 0. The average Bonchev–Trinajstić information content (AvgIpc) is 2.39. The third-order valence-electron chi connectivity index (χ3n) is 3.33. The minimum absolute atomic E-state index is 0.00728. The van der Waals surface area contributed by atoms with Crippen molar-refractivity contribution in [1.29, 1.82) is 0 Å². The number of nitrogens with zero attached hydrogens (tertiary/aromatic N) is 1. The van der Waals surface area contributed by atoms with Gasteiger partial charge in [-0.05, 0) is 25.0 Å². The van der Waals surface area contributed by atoms with Crippen LogP contribution in [-0.2, 0) is 4.79 Å². The first kappa shape index (κ1) is 12.8. The van der Waals surface area contributed by atoms with E-state index in [9.17, 15) is 13.6 Å². The van der Waals surface area contributed by atoms with Gasteiger partial charge in [-0.3, -0.25) is 4.79 Å². The van der Waals surface area contributed by atoms with Gasteiger partial charge in [-0.1, -0.05) is 12.1 Å². The van der Waals surface area contributed by atoms with E-state index in [0.29, 0.717) is 25.9 Å². The lowest BCUT2D eigenvalue weighted by Gasteiger charge is -2.32. The number of alkyl halides is 2. The SMILES string of the molecule is O=C(O)C1CCN(c2cccc(C(F)F)c2)CC1. The standard InChI is InChI=1S/C13H15F2NO2/c14-12(15)10-2-1-3-11(8-10)16-6-4-9(5-7-16)13(17)18/h1-3,8-9,12H,4-7H2,(H,17,18). The quantitative estimate of drug-likeness (QED) is 0.902. The average molecular weight is 255 g/mol. The summed E-state index contributed by atoms with van der Waals surface area (Å²) in [4.78, 5) is 12.8. The molecule has 1 saturated heterocycles. The summed E-state index contributed by atoms with van der Waals surface area (Å²) in [5.41, 5.74) is 0.754. The molecule has 3 nitrogen and oxygen atoms in total. The van der Waals surface area contributed by atoms with Gasteiger partial charge in [0.15, 0.2) is 0 Å². The van der Waals surface area contributed by atoms with Gasteiger partial charge in [0.1, 0.15) is 0 Å². The van der Waals surface area contributed by atoms with Crippen molar-refractivity contribution in [3.05, 3.63) is 29.8 Å². The van der Waals surface area contributed by atoms with Crippen molar-refractivity contribution in [2.24, 2.45) is 5.92 Å². The molecule has 1 aliphatic rings. The molecular formula is C13H15F2NO2. The van der Waals surface area contributed by atoms with E-state index >= 15 is 0 Å². The molecule has 18 heavy (non-hydrogen) atoms. The summed E-state index contributed by atoms with van der Waals surface area (Å²) in [6.45, 7) is 1.20. The molecule has 1 aliphatic heterocycles. The van der Waals surface area contributed by atoms with Gasteiger partial charge in [0.25, 0.3) is 6.43 Å². The van der Waals surface area contributed by atoms with E-state index in [-0.39, 0.29) is 11.5 Å². The smallest absolute Gasteiger partial charge is 0.306 e. The second-order valence-corrected chi connectivity index (χ2v) is 4.50. The van der Waals surface area contributed by atoms with Crippen LogP contribution >= 0.6 is 0 Å². The maximum atomic E-state index is 12.6. The van der Waals surface area contributed by atoms with Gasteiger partial charge in [0.05, 0.1) is 5.92 Å². The highest BCUT2D eigenvalue weighted by Gasteiger charge is 2.24. The number of hydrogen-bond donors (Lipinski definition) is 1. The van der Waals surface area contributed by atoms with Crippen LogP contribution in [0, 0.1) is 5.92 Å². The van der Waals surface area contributed by atoms with Crippen LogP contribution in [0.5, 0.6) is 0 Å². The molecule has 0 saturated carbocycles. The third kappa shape index (κ3) is 2.78. The van der Waals surface area contributed by atoms with Crippen molar-refractivity contribution < 1.29 is 18.7 Å². The Labute approximate surface area is 104 Å². The Kier molecular flexibility index (Phi) is 3.79. The Bertz CT molecular complexity index is 429. The highest BCUT2D eigenvalue weighted by Crippen LogP contribution is 2.27. The molecule has 0 radical (unpaired) electrons.